The topological polar surface area (TPSA) is 107 Å². The van der Waals surface area contributed by atoms with Gasteiger partial charge < -0.3 is 5.73 Å². The second-order valence-corrected chi connectivity index (χ2v) is 6.81. The lowest BCUT2D eigenvalue weighted by molar-refractivity contribution is -0.387. The van der Waals surface area contributed by atoms with Gasteiger partial charge in [-0.3, -0.25) is 10.1 Å². The quantitative estimate of drug-likeness (QED) is 0.659. The van der Waals surface area contributed by atoms with E-state index in [2.05, 4.69) is 0 Å². The first-order chi connectivity index (χ1) is 9.37. The van der Waals surface area contributed by atoms with E-state index >= 15 is 0 Å². The van der Waals surface area contributed by atoms with Gasteiger partial charge in [0.15, 0.2) is 4.90 Å². The predicted octanol–water partition coefficient (Wildman–Crippen LogP) is 1.29. The predicted molar refractivity (Wildman–Crippen MR) is 81.0 cm³/mol. The van der Waals surface area contributed by atoms with Crippen LogP contribution in [-0.4, -0.2) is 37.3 Å². The third-order valence-electron chi connectivity index (χ3n) is 3.57. The number of benzene rings is 1. The summed E-state index contributed by atoms with van der Waals surface area (Å²) >= 11 is 0. The molecule has 9 heteroatoms. The molecule has 1 heterocycles. The van der Waals surface area contributed by atoms with Gasteiger partial charge in [0.25, 0.3) is 5.69 Å². The fourth-order valence-corrected chi connectivity index (χ4v) is 4.35. The van der Waals surface area contributed by atoms with Gasteiger partial charge in [0.2, 0.25) is 10.0 Å². The zero-order valence-electron chi connectivity index (χ0n) is 11.6. The van der Waals surface area contributed by atoms with E-state index in [1.807, 2.05) is 0 Å². The molecule has 1 aromatic carbocycles. The molecule has 1 aromatic rings. The van der Waals surface area contributed by atoms with Crippen molar-refractivity contribution in [3.8, 4) is 0 Å². The highest BCUT2D eigenvalue weighted by atomic mass is 35.5. The van der Waals surface area contributed by atoms with Crippen LogP contribution in [0.15, 0.2) is 23.1 Å². The van der Waals surface area contributed by atoms with Gasteiger partial charge in [0.05, 0.1) is 4.92 Å². The lowest BCUT2D eigenvalue weighted by atomic mass is 10.1. The molecule has 21 heavy (non-hydrogen) atoms. The van der Waals surface area contributed by atoms with E-state index in [0.29, 0.717) is 31.6 Å². The van der Waals surface area contributed by atoms with Crippen LogP contribution in [0, 0.1) is 23.0 Å². The van der Waals surface area contributed by atoms with E-state index in [1.54, 1.807) is 13.0 Å². The van der Waals surface area contributed by atoms with Crippen molar-refractivity contribution in [2.75, 3.05) is 19.6 Å². The van der Waals surface area contributed by atoms with Crippen LogP contribution in [0.1, 0.15) is 12.0 Å². The van der Waals surface area contributed by atoms with Crippen LogP contribution in [0.4, 0.5) is 5.69 Å². The fraction of sp³-hybridized carbons (Fsp3) is 0.500. The van der Waals surface area contributed by atoms with Gasteiger partial charge in [-0.1, -0.05) is 12.1 Å². The molecule has 118 valence electrons. The molecule has 0 bridgehead atoms. The molecule has 0 aliphatic carbocycles. The molecule has 0 radical (unpaired) electrons. The lowest BCUT2D eigenvalue weighted by Gasteiger charge is -2.17. The highest BCUT2D eigenvalue weighted by Crippen LogP contribution is 2.32. The van der Waals surface area contributed by atoms with E-state index in [0.717, 1.165) is 0 Å². The number of rotatable bonds is 4. The minimum absolute atomic E-state index is 0. The van der Waals surface area contributed by atoms with Gasteiger partial charge in [-0.05, 0) is 31.4 Å². The number of hydrogen-bond acceptors (Lipinski definition) is 5. The third kappa shape index (κ3) is 3.34. The number of hydrogen-bond donors (Lipinski definition) is 1. The Morgan fingerprint density at radius 2 is 2.14 bits per heavy atom. The molecule has 1 fully saturated rings. The molecular formula is C12H18ClN3O4S. The second-order valence-electron chi connectivity index (χ2n) is 4.93. The SMILES string of the molecule is Cc1cccc([N+](=O)[O-])c1S(=O)(=O)N1CCC(CN)C1.Cl. The summed E-state index contributed by atoms with van der Waals surface area (Å²) in [6.45, 7) is 2.66. The Morgan fingerprint density at radius 1 is 1.48 bits per heavy atom. The average Bonchev–Trinajstić information content (AvgIpc) is 2.87. The van der Waals surface area contributed by atoms with Crippen molar-refractivity contribution >= 4 is 28.1 Å². The standard InChI is InChI=1S/C12H17N3O4S.ClH/c1-9-3-2-4-11(15(16)17)12(9)20(18,19)14-6-5-10(7-13)8-14;/h2-4,10H,5-8,13H2,1H3;1H. The normalized spacial score (nSPS) is 19.2. The average molecular weight is 336 g/mol. The highest BCUT2D eigenvalue weighted by Gasteiger charge is 2.37. The van der Waals surface area contributed by atoms with E-state index in [1.165, 1.54) is 16.4 Å². The van der Waals surface area contributed by atoms with E-state index < -0.39 is 14.9 Å². The first-order valence-corrected chi connectivity index (χ1v) is 7.76. The number of aryl methyl sites for hydroxylation is 1. The largest absolute Gasteiger partial charge is 0.330 e. The highest BCUT2D eigenvalue weighted by molar-refractivity contribution is 7.89. The summed E-state index contributed by atoms with van der Waals surface area (Å²) in [7, 11) is -3.85. The molecular weight excluding hydrogens is 318 g/mol. The summed E-state index contributed by atoms with van der Waals surface area (Å²) in [5, 5.41) is 11.1. The van der Waals surface area contributed by atoms with Crippen molar-refractivity contribution in [1.29, 1.82) is 0 Å². The van der Waals surface area contributed by atoms with Gasteiger partial charge in [-0.25, -0.2) is 8.42 Å². The van der Waals surface area contributed by atoms with Crippen molar-refractivity contribution in [1.82, 2.24) is 4.31 Å². The van der Waals surface area contributed by atoms with E-state index in [-0.39, 0.29) is 28.9 Å². The number of nitro benzene ring substituents is 1. The molecule has 1 saturated heterocycles. The number of nitrogens with two attached hydrogens (primary N) is 1. The Labute approximate surface area is 129 Å². The third-order valence-corrected chi connectivity index (χ3v) is 5.63. The molecule has 7 nitrogen and oxygen atoms in total. The van der Waals surface area contributed by atoms with Crippen LogP contribution in [0.25, 0.3) is 0 Å². The van der Waals surface area contributed by atoms with Crippen LogP contribution in [0.2, 0.25) is 0 Å². The Kier molecular flexibility index (Phi) is 5.68. The lowest BCUT2D eigenvalue weighted by Crippen LogP contribution is -2.31. The number of nitrogens with zero attached hydrogens (tertiary/aromatic N) is 2. The Hall–Kier alpha value is -1.22. The number of halogens is 1. The van der Waals surface area contributed by atoms with E-state index in [4.69, 9.17) is 5.73 Å². The summed E-state index contributed by atoms with van der Waals surface area (Å²) in [5.41, 5.74) is 5.57. The maximum absolute atomic E-state index is 12.6. The van der Waals surface area contributed by atoms with Crippen molar-refractivity contribution < 1.29 is 13.3 Å². The summed E-state index contributed by atoms with van der Waals surface area (Å²) in [4.78, 5) is 10.2. The fourth-order valence-electron chi connectivity index (χ4n) is 2.45. The zero-order chi connectivity index (χ0) is 14.9. The van der Waals surface area contributed by atoms with Gasteiger partial charge in [-0.15, -0.1) is 12.4 Å². The molecule has 1 unspecified atom stereocenters. The maximum atomic E-state index is 12.6. The molecule has 1 atom stereocenters. The Bertz CT molecular complexity index is 635. The van der Waals surface area contributed by atoms with Crippen LogP contribution in [0.3, 0.4) is 0 Å². The van der Waals surface area contributed by atoms with Crippen molar-refractivity contribution in [2.45, 2.75) is 18.2 Å². The Morgan fingerprint density at radius 3 is 2.67 bits per heavy atom. The van der Waals surface area contributed by atoms with E-state index in [9.17, 15) is 18.5 Å². The first kappa shape index (κ1) is 17.8. The molecule has 2 rings (SSSR count). The maximum Gasteiger partial charge on any atom is 0.289 e. The number of sulfonamides is 1. The molecule has 1 aliphatic rings. The Balaban J connectivity index is 0.00000220. The summed E-state index contributed by atoms with van der Waals surface area (Å²) in [6.07, 6.45) is 0.690. The smallest absolute Gasteiger partial charge is 0.289 e. The van der Waals surface area contributed by atoms with Crippen LogP contribution < -0.4 is 5.73 Å². The molecule has 0 aromatic heterocycles. The van der Waals surface area contributed by atoms with Crippen molar-refractivity contribution in [3.63, 3.8) is 0 Å². The number of nitro groups is 1. The van der Waals surface area contributed by atoms with Crippen molar-refractivity contribution in [3.05, 3.63) is 33.9 Å². The molecule has 2 N–H and O–H groups in total. The zero-order valence-corrected chi connectivity index (χ0v) is 13.2. The van der Waals surface area contributed by atoms with Crippen LogP contribution >= 0.6 is 12.4 Å². The minimum atomic E-state index is -3.85. The summed E-state index contributed by atoms with van der Waals surface area (Å²) < 4.78 is 26.5. The van der Waals surface area contributed by atoms with Crippen molar-refractivity contribution in [2.24, 2.45) is 11.7 Å². The molecule has 0 amide bonds. The molecule has 1 aliphatic heterocycles. The molecule has 0 saturated carbocycles. The van der Waals surface area contributed by atoms with Gasteiger partial charge in [0, 0.05) is 19.2 Å². The summed E-state index contributed by atoms with van der Waals surface area (Å²) in [5.74, 6) is 0.118. The van der Waals surface area contributed by atoms with Gasteiger partial charge >= 0.3 is 0 Å². The molecule has 0 spiro atoms. The van der Waals surface area contributed by atoms with Crippen LogP contribution in [0.5, 0.6) is 0 Å². The monoisotopic (exact) mass is 335 g/mol. The first-order valence-electron chi connectivity index (χ1n) is 6.32. The van der Waals surface area contributed by atoms with Gasteiger partial charge in [0.1, 0.15) is 0 Å². The summed E-state index contributed by atoms with van der Waals surface area (Å²) in [6, 6.07) is 4.27. The second kappa shape index (κ2) is 6.69. The van der Waals surface area contributed by atoms with Gasteiger partial charge in [-0.2, -0.15) is 4.31 Å². The minimum Gasteiger partial charge on any atom is -0.330 e. The van der Waals surface area contributed by atoms with Crippen LogP contribution in [-0.2, 0) is 10.0 Å².